The number of aromatic nitrogens is 3. The van der Waals surface area contributed by atoms with Crippen molar-refractivity contribution in [3.63, 3.8) is 0 Å². The summed E-state index contributed by atoms with van der Waals surface area (Å²) in [5, 5.41) is 12.3. The van der Waals surface area contributed by atoms with Gasteiger partial charge in [-0.1, -0.05) is 30.2 Å². The van der Waals surface area contributed by atoms with Gasteiger partial charge >= 0.3 is 6.03 Å². The van der Waals surface area contributed by atoms with Crippen LogP contribution in [0.25, 0.3) is 10.7 Å². The molecule has 0 radical (unpaired) electrons. The fourth-order valence-electron chi connectivity index (χ4n) is 3.38. The average molecular weight is 345 g/mol. The summed E-state index contributed by atoms with van der Waals surface area (Å²) in [5.74, 6) is 0. The molecule has 3 heterocycles. The maximum Gasteiger partial charge on any atom is 0.324 e. The van der Waals surface area contributed by atoms with Crippen molar-refractivity contribution in [1.29, 1.82) is 0 Å². The Morgan fingerprint density at radius 3 is 3.08 bits per heavy atom. The van der Waals surface area contributed by atoms with Crippen molar-refractivity contribution in [3.05, 3.63) is 24.4 Å². The second kappa shape index (κ2) is 6.82. The number of ether oxygens (including phenoxy) is 1. The molecule has 126 valence electrons. The molecule has 8 heteroatoms. The number of amides is 2. The Morgan fingerprint density at radius 1 is 1.29 bits per heavy atom. The number of nitrogens with one attached hydrogen (secondary N) is 1. The van der Waals surface area contributed by atoms with E-state index >= 15 is 0 Å². The molecule has 2 aliphatic rings. The van der Waals surface area contributed by atoms with E-state index in [-0.39, 0.29) is 18.2 Å². The Kier molecular flexibility index (Phi) is 4.40. The minimum atomic E-state index is -0.112. The van der Waals surface area contributed by atoms with Crippen LogP contribution in [0.2, 0.25) is 0 Å². The van der Waals surface area contributed by atoms with Crippen molar-refractivity contribution in [2.45, 2.75) is 37.8 Å². The number of nitrogens with zero attached hydrogens (tertiary/aromatic N) is 4. The number of rotatable bonds is 2. The number of hydrogen-bond acceptors (Lipinski definition) is 6. The normalized spacial score (nSPS) is 23.6. The molecule has 24 heavy (non-hydrogen) atoms. The molecule has 1 aliphatic carbocycles. The Balaban J connectivity index is 1.45. The van der Waals surface area contributed by atoms with Gasteiger partial charge in [0.25, 0.3) is 0 Å². The second-order valence-corrected chi connectivity index (χ2v) is 6.99. The molecule has 2 fully saturated rings. The number of fused-ring (bicyclic) bond motifs is 1. The summed E-state index contributed by atoms with van der Waals surface area (Å²) in [6, 6.07) is 5.70. The zero-order valence-corrected chi connectivity index (χ0v) is 14.0. The van der Waals surface area contributed by atoms with E-state index in [4.69, 9.17) is 4.74 Å². The summed E-state index contributed by atoms with van der Waals surface area (Å²) in [4.78, 5) is 18.8. The van der Waals surface area contributed by atoms with Gasteiger partial charge in [-0.3, -0.25) is 10.3 Å². The summed E-state index contributed by atoms with van der Waals surface area (Å²) in [7, 11) is 0. The van der Waals surface area contributed by atoms with Crippen LogP contribution in [0.15, 0.2) is 24.4 Å². The number of carbonyl (C=O) groups excluding carboxylic acids is 1. The molecule has 4 rings (SSSR count). The summed E-state index contributed by atoms with van der Waals surface area (Å²) < 4.78 is 5.82. The van der Waals surface area contributed by atoms with Gasteiger partial charge in [0, 0.05) is 12.7 Å². The first-order valence-corrected chi connectivity index (χ1v) is 9.07. The van der Waals surface area contributed by atoms with Crippen LogP contribution < -0.4 is 5.32 Å². The topological polar surface area (TPSA) is 80.2 Å². The van der Waals surface area contributed by atoms with E-state index in [0.29, 0.717) is 23.3 Å². The Labute approximate surface area is 144 Å². The molecular formula is C16H19N5O2S. The lowest BCUT2D eigenvalue weighted by Gasteiger charge is -2.43. The monoisotopic (exact) mass is 345 g/mol. The molecular weight excluding hydrogens is 326 g/mol. The molecule has 0 bridgehead atoms. The molecule has 7 nitrogen and oxygen atoms in total. The third kappa shape index (κ3) is 3.11. The van der Waals surface area contributed by atoms with Crippen LogP contribution in [0.5, 0.6) is 0 Å². The van der Waals surface area contributed by atoms with Gasteiger partial charge in [-0.25, -0.2) is 4.79 Å². The Bertz CT molecular complexity index is 706. The maximum atomic E-state index is 12.7. The van der Waals surface area contributed by atoms with E-state index in [1.54, 1.807) is 6.20 Å². The van der Waals surface area contributed by atoms with Crippen LogP contribution in [-0.2, 0) is 4.74 Å². The highest BCUT2D eigenvalue weighted by Crippen LogP contribution is 2.30. The fourth-order valence-corrected chi connectivity index (χ4v) is 4.09. The SMILES string of the molecule is O=C(Nc1nnc(-c2ccccn2)s1)N1CCO[C@H]2CCCC[C@H]21. The number of pyridine rings is 1. The molecule has 0 spiro atoms. The minimum absolute atomic E-state index is 0.112. The number of anilines is 1. The van der Waals surface area contributed by atoms with Gasteiger partial charge in [0.15, 0.2) is 5.01 Å². The Hall–Kier alpha value is -2.06. The lowest BCUT2D eigenvalue weighted by Crippen LogP contribution is -2.55. The molecule has 1 N–H and O–H groups in total. The van der Waals surface area contributed by atoms with Gasteiger partial charge < -0.3 is 9.64 Å². The largest absolute Gasteiger partial charge is 0.374 e. The smallest absolute Gasteiger partial charge is 0.324 e. The van der Waals surface area contributed by atoms with Gasteiger partial charge in [0.05, 0.1) is 18.8 Å². The van der Waals surface area contributed by atoms with Gasteiger partial charge in [-0.15, -0.1) is 10.2 Å². The third-order valence-corrected chi connectivity index (χ3v) is 5.38. The first-order chi connectivity index (χ1) is 11.8. The molecule has 2 amide bonds. The van der Waals surface area contributed by atoms with E-state index in [1.807, 2.05) is 23.1 Å². The van der Waals surface area contributed by atoms with E-state index in [9.17, 15) is 4.79 Å². The molecule has 0 aromatic carbocycles. The van der Waals surface area contributed by atoms with Crippen LogP contribution in [0.4, 0.5) is 9.93 Å². The highest BCUT2D eigenvalue weighted by atomic mass is 32.1. The van der Waals surface area contributed by atoms with E-state index in [0.717, 1.165) is 25.0 Å². The highest BCUT2D eigenvalue weighted by molar-refractivity contribution is 7.18. The number of morpholine rings is 1. The Morgan fingerprint density at radius 2 is 2.21 bits per heavy atom. The molecule has 0 unspecified atom stereocenters. The molecule has 1 saturated heterocycles. The van der Waals surface area contributed by atoms with Crippen molar-refractivity contribution in [3.8, 4) is 10.7 Å². The zero-order chi connectivity index (χ0) is 16.4. The molecule has 2 aromatic rings. The molecule has 1 aliphatic heterocycles. The van der Waals surface area contributed by atoms with Crippen molar-refractivity contribution in [2.75, 3.05) is 18.5 Å². The summed E-state index contributed by atoms with van der Waals surface area (Å²) in [6.07, 6.45) is 6.27. The van der Waals surface area contributed by atoms with Gasteiger partial charge in [-0.05, 0) is 25.0 Å². The van der Waals surface area contributed by atoms with Crippen molar-refractivity contribution >= 4 is 22.5 Å². The van der Waals surface area contributed by atoms with Crippen molar-refractivity contribution in [1.82, 2.24) is 20.1 Å². The number of urea groups is 1. The zero-order valence-electron chi connectivity index (χ0n) is 13.2. The predicted molar refractivity (Wildman–Crippen MR) is 90.9 cm³/mol. The van der Waals surface area contributed by atoms with E-state index in [2.05, 4.69) is 20.5 Å². The highest BCUT2D eigenvalue weighted by Gasteiger charge is 2.36. The summed E-state index contributed by atoms with van der Waals surface area (Å²) >= 11 is 1.33. The first kappa shape index (κ1) is 15.5. The molecule has 1 saturated carbocycles. The van der Waals surface area contributed by atoms with Crippen LogP contribution in [0, 0.1) is 0 Å². The standard InChI is InChI=1S/C16H19N5O2S/c22-16(21-9-10-23-13-7-2-1-6-12(13)21)18-15-20-19-14(24-15)11-5-3-4-8-17-11/h3-5,8,12-13H,1-2,6-7,9-10H2,(H,18,20,22)/t12-,13+/m1/s1. The van der Waals surface area contributed by atoms with Crippen LogP contribution >= 0.6 is 11.3 Å². The van der Waals surface area contributed by atoms with Gasteiger partial charge in [-0.2, -0.15) is 0 Å². The quantitative estimate of drug-likeness (QED) is 0.905. The van der Waals surface area contributed by atoms with E-state index in [1.165, 1.54) is 17.8 Å². The number of hydrogen-bond donors (Lipinski definition) is 1. The minimum Gasteiger partial charge on any atom is -0.374 e. The van der Waals surface area contributed by atoms with E-state index < -0.39 is 0 Å². The van der Waals surface area contributed by atoms with Crippen molar-refractivity contribution in [2.24, 2.45) is 0 Å². The molecule has 2 aromatic heterocycles. The average Bonchev–Trinajstić information content (AvgIpc) is 3.10. The van der Waals surface area contributed by atoms with Gasteiger partial charge in [0.1, 0.15) is 5.69 Å². The van der Waals surface area contributed by atoms with Crippen LogP contribution in [0.1, 0.15) is 25.7 Å². The lowest BCUT2D eigenvalue weighted by atomic mass is 9.90. The maximum absolute atomic E-state index is 12.7. The van der Waals surface area contributed by atoms with Gasteiger partial charge in [0.2, 0.25) is 5.13 Å². The second-order valence-electron chi connectivity index (χ2n) is 6.01. The third-order valence-electron chi connectivity index (χ3n) is 4.52. The van der Waals surface area contributed by atoms with Crippen molar-refractivity contribution < 1.29 is 9.53 Å². The summed E-state index contributed by atoms with van der Waals surface area (Å²) in [6.45, 7) is 1.22. The predicted octanol–water partition coefficient (Wildman–Crippen LogP) is 2.78. The molecule has 2 atom stereocenters. The first-order valence-electron chi connectivity index (χ1n) is 8.25. The fraction of sp³-hybridized carbons (Fsp3) is 0.500. The lowest BCUT2D eigenvalue weighted by molar-refractivity contribution is -0.0694. The van der Waals surface area contributed by atoms with Crippen LogP contribution in [0.3, 0.4) is 0 Å². The number of carbonyl (C=O) groups is 1. The van der Waals surface area contributed by atoms with Crippen LogP contribution in [-0.4, -0.2) is 51.4 Å². The summed E-state index contributed by atoms with van der Waals surface area (Å²) in [5.41, 5.74) is 0.759.